The van der Waals surface area contributed by atoms with Crippen molar-refractivity contribution in [3.05, 3.63) is 97.2 Å². The van der Waals surface area contributed by atoms with Crippen LogP contribution in [0.25, 0.3) is 0 Å². The van der Waals surface area contributed by atoms with Crippen LogP contribution in [0, 0.1) is 0 Å². The Labute approximate surface area is 477 Å². The van der Waals surface area contributed by atoms with Crippen molar-refractivity contribution in [3.8, 4) is 0 Å². The van der Waals surface area contributed by atoms with Gasteiger partial charge in [-0.15, -0.1) is 0 Å². The molecule has 0 saturated carbocycles. The van der Waals surface area contributed by atoms with Crippen LogP contribution in [0.4, 0.5) is 0 Å². The second kappa shape index (κ2) is 58.1. The van der Waals surface area contributed by atoms with Gasteiger partial charge in [-0.3, -0.25) is 13.8 Å². The molecule has 0 aromatic heterocycles. The predicted molar refractivity (Wildman–Crippen MR) is 336 cm³/mol. The number of phosphoric ester groups is 1. The maximum Gasteiger partial charge on any atom is 0.472 e. The molecule has 0 aliphatic carbocycles. The summed E-state index contributed by atoms with van der Waals surface area (Å²) in [7, 11) is 1.56. The Morgan fingerprint density at radius 1 is 0.455 bits per heavy atom. The third-order valence-corrected chi connectivity index (χ3v) is 15.0. The highest BCUT2D eigenvalue weighted by molar-refractivity contribution is 7.47. The van der Waals surface area contributed by atoms with E-state index in [0.29, 0.717) is 17.4 Å². The lowest BCUT2D eigenvalue weighted by Crippen LogP contribution is -2.45. The van der Waals surface area contributed by atoms with Gasteiger partial charge in [-0.05, 0) is 83.5 Å². The number of hydrogen-bond acceptors (Lipinski definition) is 5. The van der Waals surface area contributed by atoms with E-state index in [1.165, 1.54) is 180 Å². The molecule has 0 fully saturated rings. The average molecular weight is 1100 g/mol. The largest absolute Gasteiger partial charge is 0.472 e. The van der Waals surface area contributed by atoms with E-state index >= 15 is 0 Å². The summed E-state index contributed by atoms with van der Waals surface area (Å²) in [6.07, 6.45) is 84.0. The van der Waals surface area contributed by atoms with Gasteiger partial charge >= 0.3 is 7.82 Å². The van der Waals surface area contributed by atoms with Crippen LogP contribution >= 0.6 is 7.82 Å². The van der Waals surface area contributed by atoms with Gasteiger partial charge in [-0.2, -0.15) is 0 Å². The zero-order valence-electron chi connectivity index (χ0n) is 50.9. The van der Waals surface area contributed by atoms with Gasteiger partial charge < -0.3 is 19.8 Å². The number of quaternary nitrogens is 1. The number of likely N-dealkylation sites (N-methyl/N-ethyl adjacent to an activating group) is 1. The number of aliphatic hydroxyl groups is 1. The molecular formula is C68H124N2O6P+. The summed E-state index contributed by atoms with van der Waals surface area (Å²) in [5, 5.41) is 13.9. The van der Waals surface area contributed by atoms with Gasteiger partial charge in [0, 0.05) is 6.42 Å². The lowest BCUT2D eigenvalue weighted by atomic mass is 10.0. The second-order valence-electron chi connectivity index (χ2n) is 22.7. The molecule has 0 aliphatic rings. The highest BCUT2D eigenvalue weighted by atomic mass is 31.2. The van der Waals surface area contributed by atoms with Gasteiger partial charge in [0.15, 0.2) is 0 Å². The fourth-order valence-electron chi connectivity index (χ4n) is 9.06. The minimum Gasteiger partial charge on any atom is -0.387 e. The van der Waals surface area contributed by atoms with Gasteiger partial charge in [-0.25, -0.2) is 4.57 Å². The van der Waals surface area contributed by atoms with E-state index in [4.69, 9.17) is 9.05 Å². The third-order valence-electron chi connectivity index (χ3n) is 14.0. The number of carbonyl (C=O) groups is 1. The Morgan fingerprint density at radius 2 is 0.792 bits per heavy atom. The van der Waals surface area contributed by atoms with Crippen LogP contribution in [0.5, 0.6) is 0 Å². The Balaban J connectivity index is 4.00. The summed E-state index contributed by atoms with van der Waals surface area (Å²) in [4.78, 5) is 23.3. The molecule has 0 spiro atoms. The maximum atomic E-state index is 13.0. The molecule has 3 unspecified atom stereocenters. The fourth-order valence-corrected chi connectivity index (χ4v) is 9.80. The number of aliphatic hydroxyl groups excluding tert-OH is 1. The van der Waals surface area contributed by atoms with E-state index in [1.54, 1.807) is 6.08 Å². The molecule has 0 rings (SSSR count). The average Bonchev–Trinajstić information content (AvgIpc) is 3.39. The van der Waals surface area contributed by atoms with Crippen LogP contribution in [0.2, 0.25) is 0 Å². The van der Waals surface area contributed by atoms with E-state index in [2.05, 4.69) is 104 Å². The van der Waals surface area contributed by atoms with E-state index in [-0.39, 0.29) is 19.1 Å². The first-order chi connectivity index (χ1) is 37.5. The van der Waals surface area contributed by atoms with Gasteiger partial charge in [-0.1, -0.05) is 284 Å². The van der Waals surface area contributed by atoms with Crippen molar-refractivity contribution >= 4 is 13.7 Å². The summed E-state index contributed by atoms with van der Waals surface area (Å²) in [6, 6.07) is -0.866. The molecule has 3 N–H and O–H groups in total. The van der Waals surface area contributed by atoms with E-state index in [9.17, 15) is 19.4 Å². The molecule has 0 aromatic carbocycles. The Morgan fingerprint density at radius 3 is 1.19 bits per heavy atom. The van der Waals surface area contributed by atoms with E-state index in [1.807, 2.05) is 27.2 Å². The topological polar surface area (TPSA) is 105 Å². The van der Waals surface area contributed by atoms with Crippen LogP contribution in [0.3, 0.4) is 0 Å². The molecule has 446 valence electrons. The van der Waals surface area contributed by atoms with Crippen LogP contribution in [0.1, 0.15) is 277 Å². The number of carbonyl (C=O) groups excluding carboxylic acids is 1. The first kappa shape index (κ1) is 74.4. The lowest BCUT2D eigenvalue weighted by Gasteiger charge is -2.25. The Bertz CT molecular complexity index is 1570. The molecule has 9 heteroatoms. The van der Waals surface area contributed by atoms with Gasteiger partial charge in [0.05, 0.1) is 39.9 Å². The molecule has 0 radical (unpaired) electrons. The summed E-state index contributed by atoms with van der Waals surface area (Å²) >= 11 is 0. The molecular weight excluding hydrogens is 972 g/mol. The van der Waals surface area contributed by atoms with Gasteiger partial charge in [0.1, 0.15) is 13.2 Å². The van der Waals surface area contributed by atoms with Crippen molar-refractivity contribution in [2.75, 3.05) is 40.9 Å². The van der Waals surface area contributed by atoms with Crippen molar-refractivity contribution in [1.29, 1.82) is 0 Å². The zero-order valence-corrected chi connectivity index (χ0v) is 51.8. The summed E-state index contributed by atoms with van der Waals surface area (Å²) in [6.45, 7) is 4.69. The van der Waals surface area contributed by atoms with Gasteiger partial charge in [0.2, 0.25) is 5.91 Å². The molecule has 8 nitrogen and oxygen atoms in total. The number of phosphoric acid groups is 1. The van der Waals surface area contributed by atoms with Crippen molar-refractivity contribution in [3.63, 3.8) is 0 Å². The number of nitrogens with one attached hydrogen (secondary N) is 1. The SMILES string of the molecule is CC/C=C\C/C=C\C/C=C\C/C=C\C/C=C\C/C=C\CCCCCCCCCCCCCCCCCCCCCCC(=O)NC(COP(=O)(O)OCC[N+](C)(C)C)C(O)/C=C/CC/C=C/CCCCCCCCCCCC. The number of amides is 1. The first-order valence-corrected chi connectivity index (χ1v) is 33.6. The quantitative estimate of drug-likeness (QED) is 0.0243. The highest BCUT2D eigenvalue weighted by Crippen LogP contribution is 2.43. The lowest BCUT2D eigenvalue weighted by molar-refractivity contribution is -0.870. The number of allylic oxidation sites excluding steroid dienone is 15. The molecule has 0 bridgehead atoms. The van der Waals surface area contributed by atoms with E-state index in [0.717, 1.165) is 77.0 Å². The van der Waals surface area contributed by atoms with Crippen LogP contribution in [-0.2, 0) is 18.4 Å². The van der Waals surface area contributed by atoms with Crippen molar-refractivity contribution in [2.24, 2.45) is 0 Å². The van der Waals surface area contributed by atoms with Crippen molar-refractivity contribution in [1.82, 2.24) is 5.32 Å². The molecule has 0 aromatic rings. The van der Waals surface area contributed by atoms with Crippen LogP contribution < -0.4 is 5.32 Å². The normalized spacial score (nSPS) is 14.4. The number of rotatable bonds is 58. The van der Waals surface area contributed by atoms with Gasteiger partial charge in [0.25, 0.3) is 0 Å². The molecule has 0 saturated heterocycles. The minimum atomic E-state index is -4.36. The molecule has 1 amide bonds. The highest BCUT2D eigenvalue weighted by Gasteiger charge is 2.27. The predicted octanol–water partition coefficient (Wildman–Crippen LogP) is 20.2. The summed E-state index contributed by atoms with van der Waals surface area (Å²) in [5.41, 5.74) is 0. The molecule has 3 atom stereocenters. The third kappa shape index (κ3) is 60.9. The molecule has 0 heterocycles. The Hall–Kier alpha value is -2.58. The summed E-state index contributed by atoms with van der Waals surface area (Å²) < 4.78 is 23.7. The monoisotopic (exact) mass is 1100 g/mol. The minimum absolute atomic E-state index is 0.0546. The van der Waals surface area contributed by atoms with E-state index < -0.39 is 20.0 Å². The van der Waals surface area contributed by atoms with Crippen LogP contribution in [0.15, 0.2) is 97.2 Å². The first-order valence-electron chi connectivity index (χ1n) is 32.1. The summed E-state index contributed by atoms with van der Waals surface area (Å²) in [5.74, 6) is -0.186. The standard InChI is InChI=1S/C68H123N2O6P/c1-6-8-10-12-14-16-18-20-22-24-25-26-27-28-29-30-31-32-33-34-35-36-37-38-39-40-41-42-43-44-45-46-48-50-52-54-56-58-60-62-68(72)69-66(65-76-77(73,74)75-64-63-70(3,4)5)67(71)61-59-57-55-53-51-49-47-23-21-19-17-15-13-11-9-7-2/h8,10,14,16,20,22,25-26,28-29,31-32,51,53,59,61,66-67,71H,6-7,9,11-13,15,17-19,21,23-24,27,30,33-50,52,54-58,60,62-65H2,1-5H3,(H-,69,72,73,74)/p+1/b10-8-,16-14-,22-20-,26-25-,29-28-,32-31-,53-51+,61-59+. The number of unbranched alkanes of at least 4 members (excludes halogenated alkanes) is 31. The molecule has 0 aliphatic heterocycles. The number of hydrogen-bond donors (Lipinski definition) is 3. The molecule has 77 heavy (non-hydrogen) atoms. The Kier molecular flexibility index (Phi) is 56.1. The zero-order chi connectivity index (χ0) is 56.3. The smallest absolute Gasteiger partial charge is 0.387 e. The van der Waals surface area contributed by atoms with Crippen molar-refractivity contribution < 1.29 is 32.9 Å². The number of nitrogens with zero attached hydrogens (tertiary/aromatic N) is 1. The maximum absolute atomic E-state index is 13.0. The van der Waals surface area contributed by atoms with Crippen molar-refractivity contribution in [2.45, 2.75) is 289 Å². The fraction of sp³-hybridized carbons (Fsp3) is 0.750. The van der Waals surface area contributed by atoms with Crippen LogP contribution in [-0.4, -0.2) is 73.4 Å². The second-order valence-corrected chi connectivity index (χ2v) is 24.2.